The lowest BCUT2D eigenvalue weighted by Gasteiger charge is -2.33. The van der Waals surface area contributed by atoms with Gasteiger partial charge in [-0.3, -0.25) is 19.4 Å². The number of anilines is 3. The molecule has 0 atom stereocenters. The number of amides is 2. The Kier molecular flexibility index (Phi) is 6.57. The van der Waals surface area contributed by atoms with Crippen molar-refractivity contribution in [1.29, 1.82) is 0 Å². The van der Waals surface area contributed by atoms with Gasteiger partial charge in [0.25, 0.3) is 5.91 Å². The molecule has 8 heteroatoms. The van der Waals surface area contributed by atoms with Crippen molar-refractivity contribution in [2.75, 3.05) is 56.1 Å². The van der Waals surface area contributed by atoms with E-state index >= 15 is 0 Å². The first-order valence-corrected chi connectivity index (χ1v) is 12.1. The van der Waals surface area contributed by atoms with Crippen molar-refractivity contribution >= 4 is 29.0 Å². The summed E-state index contributed by atoms with van der Waals surface area (Å²) in [6.45, 7) is 6.32. The van der Waals surface area contributed by atoms with Crippen LogP contribution in [-0.4, -0.2) is 77.9 Å². The van der Waals surface area contributed by atoms with Crippen LogP contribution in [0.5, 0.6) is 0 Å². The van der Waals surface area contributed by atoms with Gasteiger partial charge in [0.2, 0.25) is 5.91 Å². The van der Waals surface area contributed by atoms with Gasteiger partial charge in [0.15, 0.2) is 11.6 Å². The van der Waals surface area contributed by atoms with Crippen molar-refractivity contribution in [2.24, 2.45) is 0 Å². The van der Waals surface area contributed by atoms with Gasteiger partial charge < -0.3 is 9.80 Å². The summed E-state index contributed by atoms with van der Waals surface area (Å²) in [6, 6.07) is 17.2. The second-order valence-corrected chi connectivity index (χ2v) is 9.05. The second kappa shape index (κ2) is 9.93. The van der Waals surface area contributed by atoms with E-state index in [-0.39, 0.29) is 18.4 Å². The largest absolute Gasteiger partial charge is 0.306 e. The maximum absolute atomic E-state index is 13.9. The molecule has 0 radical (unpaired) electrons. The standard InChI is InChI=1S/C27H30N6O2/c1-3-13-32-22-11-7-8-12-23(22)33(24(34)19-31-16-14-30(2)15-17-31)26-21(27(32)35)18-28-25(29-26)20-9-5-4-6-10-20/h4-12,18H,3,13-17,19H2,1-2H3. The first-order valence-electron chi connectivity index (χ1n) is 12.1. The molecule has 5 rings (SSSR count). The Labute approximate surface area is 205 Å². The molecule has 0 saturated carbocycles. The van der Waals surface area contributed by atoms with Crippen LogP contribution in [0.15, 0.2) is 60.8 Å². The molecule has 0 spiro atoms. The number of fused-ring (bicyclic) bond motifs is 2. The topological polar surface area (TPSA) is 72.9 Å². The van der Waals surface area contributed by atoms with E-state index in [2.05, 4.69) is 21.8 Å². The molecular weight excluding hydrogens is 440 g/mol. The van der Waals surface area contributed by atoms with E-state index in [1.54, 1.807) is 16.0 Å². The minimum absolute atomic E-state index is 0.105. The van der Waals surface area contributed by atoms with Crippen LogP contribution < -0.4 is 9.80 Å². The molecule has 0 aliphatic carbocycles. The summed E-state index contributed by atoms with van der Waals surface area (Å²) >= 11 is 0. The smallest absolute Gasteiger partial charge is 0.263 e. The monoisotopic (exact) mass is 470 g/mol. The normalized spacial score (nSPS) is 16.6. The summed E-state index contributed by atoms with van der Waals surface area (Å²) in [5.41, 5.74) is 2.55. The number of piperazine rings is 1. The van der Waals surface area contributed by atoms with Crippen LogP contribution >= 0.6 is 0 Å². The van der Waals surface area contributed by atoms with Crippen molar-refractivity contribution in [1.82, 2.24) is 19.8 Å². The third-order valence-corrected chi connectivity index (χ3v) is 6.55. The quantitative estimate of drug-likeness (QED) is 0.569. The van der Waals surface area contributed by atoms with E-state index in [0.717, 1.165) is 38.2 Å². The summed E-state index contributed by atoms with van der Waals surface area (Å²) in [6.07, 6.45) is 2.35. The number of carbonyl (C=O) groups excluding carboxylic acids is 2. The van der Waals surface area contributed by atoms with Gasteiger partial charge in [0, 0.05) is 44.5 Å². The number of hydrogen-bond acceptors (Lipinski definition) is 6. The lowest BCUT2D eigenvalue weighted by atomic mass is 10.2. The van der Waals surface area contributed by atoms with E-state index < -0.39 is 0 Å². The van der Waals surface area contributed by atoms with E-state index in [0.29, 0.717) is 35.1 Å². The van der Waals surface area contributed by atoms with Crippen molar-refractivity contribution in [3.8, 4) is 11.4 Å². The minimum Gasteiger partial charge on any atom is -0.306 e. The van der Waals surface area contributed by atoms with Crippen molar-refractivity contribution in [3.05, 3.63) is 66.4 Å². The Bertz CT molecular complexity index is 1220. The van der Waals surface area contributed by atoms with Gasteiger partial charge in [0.05, 0.1) is 17.9 Å². The molecule has 1 saturated heterocycles. The Morgan fingerprint density at radius 2 is 1.63 bits per heavy atom. The lowest BCUT2D eigenvalue weighted by molar-refractivity contribution is -0.119. The molecule has 2 aromatic carbocycles. The fourth-order valence-corrected chi connectivity index (χ4v) is 4.64. The third kappa shape index (κ3) is 4.54. The number of aromatic nitrogens is 2. The summed E-state index contributed by atoms with van der Waals surface area (Å²) < 4.78 is 0. The number of carbonyl (C=O) groups is 2. The van der Waals surface area contributed by atoms with Gasteiger partial charge in [-0.05, 0) is 25.6 Å². The fourth-order valence-electron chi connectivity index (χ4n) is 4.64. The SMILES string of the molecule is CCCN1C(=O)c2cnc(-c3ccccc3)nc2N(C(=O)CN2CCN(C)CC2)c2ccccc21. The summed E-state index contributed by atoms with van der Waals surface area (Å²) in [4.78, 5) is 44.8. The van der Waals surface area contributed by atoms with Gasteiger partial charge in [-0.25, -0.2) is 9.97 Å². The number of benzene rings is 2. The first-order chi connectivity index (χ1) is 17.1. The van der Waals surface area contributed by atoms with Crippen LogP contribution in [0.3, 0.4) is 0 Å². The van der Waals surface area contributed by atoms with E-state index in [4.69, 9.17) is 4.98 Å². The van der Waals surface area contributed by atoms with Gasteiger partial charge in [-0.15, -0.1) is 0 Å². The Morgan fingerprint density at radius 1 is 0.943 bits per heavy atom. The molecule has 0 bridgehead atoms. The molecule has 1 fully saturated rings. The fraction of sp³-hybridized carbons (Fsp3) is 0.333. The first kappa shape index (κ1) is 23.1. The zero-order valence-corrected chi connectivity index (χ0v) is 20.2. The maximum Gasteiger partial charge on any atom is 0.263 e. The van der Waals surface area contributed by atoms with Crippen LogP contribution in [0.2, 0.25) is 0 Å². The highest BCUT2D eigenvalue weighted by molar-refractivity contribution is 6.18. The van der Waals surface area contributed by atoms with Gasteiger partial charge in [-0.2, -0.15) is 0 Å². The van der Waals surface area contributed by atoms with Crippen LogP contribution in [0, 0.1) is 0 Å². The molecule has 2 aliphatic rings. The van der Waals surface area contributed by atoms with E-state index in [1.165, 1.54) is 0 Å². The van der Waals surface area contributed by atoms with Crippen LogP contribution in [0.25, 0.3) is 11.4 Å². The summed E-state index contributed by atoms with van der Waals surface area (Å²) in [5, 5.41) is 0. The molecule has 1 aromatic heterocycles. The van der Waals surface area contributed by atoms with Crippen LogP contribution in [-0.2, 0) is 4.79 Å². The van der Waals surface area contributed by atoms with Gasteiger partial charge >= 0.3 is 0 Å². The molecule has 8 nitrogen and oxygen atoms in total. The molecule has 3 aromatic rings. The number of nitrogens with zero attached hydrogens (tertiary/aromatic N) is 6. The molecular formula is C27H30N6O2. The van der Waals surface area contributed by atoms with Crippen molar-refractivity contribution in [2.45, 2.75) is 13.3 Å². The number of para-hydroxylation sites is 2. The number of rotatable bonds is 5. The van der Waals surface area contributed by atoms with Crippen LogP contribution in [0.4, 0.5) is 17.2 Å². The Morgan fingerprint density at radius 3 is 2.34 bits per heavy atom. The predicted molar refractivity (Wildman–Crippen MR) is 137 cm³/mol. The number of likely N-dealkylation sites (N-methyl/N-ethyl adjacent to an activating group) is 1. The Hall–Kier alpha value is -3.62. The third-order valence-electron chi connectivity index (χ3n) is 6.55. The minimum atomic E-state index is -0.191. The molecule has 3 heterocycles. The molecule has 35 heavy (non-hydrogen) atoms. The second-order valence-electron chi connectivity index (χ2n) is 9.05. The molecule has 2 amide bonds. The predicted octanol–water partition coefficient (Wildman–Crippen LogP) is 3.43. The molecule has 0 N–H and O–H groups in total. The van der Waals surface area contributed by atoms with Crippen molar-refractivity contribution < 1.29 is 9.59 Å². The Balaban J connectivity index is 1.64. The van der Waals surface area contributed by atoms with Crippen molar-refractivity contribution in [3.63, 3.8) is 0 Å². The highest BCUT2D eigenvalue weighted by Gasteiger charge is 2.36. The van der Waals surface area contributed by atoms with E-state index in [1.807, 2.05) is 61.5 Å². The highest BCUT2D eigenvalue weighted by Crippen LogP contribution is 2.40. The number of hydrogen-bond donors (Lipinski definition) is 0. The maximum atomic E-state index is 13.9. The average molecular weight is 471 g/mol. The lowest BCUT2D eigenvalue weighted by Crippen LogP contribution is -2.48. The van der Waals surface area contributed by atoms with Gasteiger partial charge in [-0.1, -0.05) is 49.4 Å². The molecule has 0 unspecified atom stereocenters. The zero-order valence-electron chi connectivity index (χ0n) is 20.2. The van der Waals surface area contributed by atoms with Gasteiger partial charge in [0.1, 0.15) is 5.56 Å². The summed E-state index contributed by atoms with van der Waals surface area (Å²) in [5.74, 6) is 0.529. The summed E-state index contributed by atoms with van der Waals surface area (Å²) in [7, 11) is 2.09. The molecule has 180 valence electrons. The highest BCUT2D eigenvalue weighted by atomic mass is 16.2. The zero-order chi connectivity index (χ0) is 24.4. The van der Waals surface area contributed by atoms with E-state index in [9.17, 15) is 9.59 Å². The van der Waals surface area contributed by atoms with Crippen LogP contribution in [0.1, 0.15) is 23.7 Å². The average Bonchev–Trinajstić information content (AvgIpc) is 2.99. The molecule has 2 aliphatic heterocycles.